The number of halogens is 1. The largest absolute Gasteiger partial charge is 0.488 e. The van der Waals surface area contributed by atoms with Crippen LogP contribution < -0.4 is 15.1 Å². The molecule has 0 aliphatic carbocycles. The van der Waals surface area contributed by atoms with Crippen LogP contribution in [0.5, 0.6) is 5.75 Å². The molecule has 0 radical (unpaired) electrons. The van der Waals surface area contributed by atoms with Gasteiger partial charge in [-0.3, -0.25) is 14.9 Å². The maximum Gasteiger partial charge on any atom is 0.271 e. The molecule has 34 heavy (non-hydrogen) atoms. The van der Waals surface area contributed by atoms with Crippen LogP contribution >= 0.6 is 22.6 Å². The lowest BCUT2D eigenvalue weighted by atomic mass is 10.1. The van der Waals surface area contributed by atoms with Gasteiger partial charge in [-0.2, -0.15) is 5.10 Å². The molecule has 0 aromatic heterocycles. The molecule has 8 nitrogen and oxygen atoms in total. The number of ether oxygens (including phenoxy) is 1. The lowest BCUT2D eigenvalue weighted by Crippen LogP contribution is -2.21. The molecule has 0 aliphatic heterocycles. The molecule has 0 spiro atoms. The second kappa shape index (κ2) is 12.1. The van der Waals surface area contributed by atoms with Crippen molar-refractivity contribution in [2.75, 3.05) is 18.0 Å². The topological polar surface area (TPSA) is 97.1 Å². The van der Waals surface area contributed by atoms with E-state index < -0.39 is 10.8 Å². The van der Waals surface area contributed by atoms with Gasteiger partial charge >= 0.3 is 0 Å². The first-order chi connectivity index (χ1) is 16.4. The Kier molecular flexibility index (Phi) is 8.97. The summed E-state index contributed by atoms with van der Waals surface area (Å²) in [5, 5.41) is 15.0. The highest BCUT2D eigenvalue weighted by atomic mass is 127. The molecule has 9 heteroatoms. The Morgan fingerprint density at radius 3 is 2.53 bits per heavy atom. The van der Waals surface area contributed by atoms with Crippen molar-refractivity contribution >= 4 is 46.1 Å². The normalized spacial score (nSPS) is 10.8. The second-order valence-electron chi connectivity index (χ2n) is 7.32. The molecule has 0 unspecified atom stereocenters. The van der Waals surface area contributed by atoms with Gasteiger partial charge in [0, 0.05) is 51.7 Å². The fourth-order valence-electron chi connectivity index (χ4n) is 3.27. The Balaban J connectivity index is 1.78. The van der Waals surface area contributed by atoms with Gasteiger partial charge in [0.1, 0.15) is 12.4 Å². The Bertz CT molecular complexity index is 1180. The molecule has 3 rings (SSSR count). The zero-order valence-corrected chi connectivity index (χ0v) is 21.1. The average molecular weight is 572 g/mol. The SMILES string of the molecule is CCN(CC)c1ccc(/C=N\NC(=O)c2cccc([N+](=O)[O-])c2)c(OCc2ccc(I)cc2)c1. The zero-order chi connectivity index (χ0) is 24.5. The highest BCUT2D eigenvalue weighted by Crippen LogP contribution is 2.26. The number of non-ortho nitro benzene ring substituents is 1. The van der Waals surface area contributed by atoms with Crippen LogP contribution in [0.2, 0.25) is 0 Å². The monoisotopic (exact) mass is 572 g/mol. The number of hydrogen-bond acceptors (Lipinski definition) is 6. The summed E-state index contributed by atoms with van der Waals surface area (Å²) >= 11 is 2.26. The number of carbonyl (C=O) groups excluding carboxylic acids is 1. The summed E-state index contributed by atoms with van der Waals surface area (Å²) in [7, 11) is 0. The predicted molar refractivity (Wildman–Crippen MR) is 142 cm³/mol. The Morgan fingerprint density at radius 2 is 1.85 bits per heavy atom. The maximum atomic E-state index is 12.4. The van der Waals surface area contributed by atoms with Gasteiger partial charge in [0.15, 0.2) is 0 Å². The minimum Gasteiger partial charge on any atom is -0.488 e. The third-order valence-electron chi connectivity index (χ3n) is 5.12. The molecule has 0 fully saturated rings. The molecule has 0 atom stereocenters. The molecule has 176 valence electrons. The number of hydrazone groups is 1. The van der Waals surface area contributed by atoms with Crippen molar-refractivity contribution in [2.45, 2.75) is 20.5 Å². The van der Waals surface area contributed by atoms with E-state index in [9.17, 15) is 14.9 Å². The molecule has 0 saturated carbocycles. The van der Waals surface area contributed by atoms with Gasteiger partial charge in [0.2, 0.25) is 0 Å². The van der Waals surface area contributed by atoms with Gasteiger partial charge in [0.25, 0.3) is 11.6 Å². The van der Waals surface area contributed by atoms with Gasteiger partial charge in [-0.05, 0) is 72.3 Å². The first-order valence-electron chi connectivity index (χ1n) is 10.7. The Hall–Kier alpha value is -3.47. The fourth-order valence-corrected chi connectivity index (χ4v) is 3.63. The summed E-state index contributed by atoms with van der Waals surface area (Å²) < 4.78 is 7.27. The quantitative estimate of drug-likeness (QED) is 0.152. The molecule has 0 aliphatic rings. The molecule has 1 N–H and O–H groups in total. The summed E-state index contributed by atoms with van der Waals surface area (Å²) in [6, 6.07) is 19.4. The van der Waals surface area contributed by atoms with E-state index >= 15 is 0 Å². The highest BCUT2D eigenvalue weighted by Gasteiger charge is 2.12. The number of nitro benzene ring substituents is 1. The lowest BCUT2D eigenvalue weighted by Gasteiger charge is -2.22. The van der Waals surface area contributed by atoms with Crippen LogP contribution in [0, 0.1) is 13.7 Å². The van der Waals surface area contributed by atoms with Crippen LogP contribution in [0.3, 0.4) is 0 Å². The Labute approximate surface area is 211 Å². The van der Waals surface area contributed by atoms with Crippen LogP contribution in [0.15, 0.2) is 71.8 Å². The Morgan fingerprint density at radius 1 is 1.12 bits per heavy atom. The number of nitro groups is 1. The maximum absolute atomic E-state index is 12.4. The second-order valence-corrected chi connectivity index (χ2v) is 8.56. The van der Waals surface area contributed by atoms with E-state index in [0.29, 0.717) is 17.9 Å². The smallest absolute Gasteiger partial charge is 0.271 e. The first kappa shape index (κ1) is 25.2. The van der Waals surface area contributed by atoms with E-state index in [1.54, 1.807) is 0 Å². The van der Waals surface area contributed by atoms with Gasteiger partial charge in [0.05, 0.1) is 11.1 Å². The van der Waals surface area contributed by atoms with Gasteiger partial charge in [-0.25, -0.2) is 5.43 Å². The minimum atomic E-state index is -0.547. The molecule has 0 saturated heterocycles. The molecule has 1 amide bonds. The molecule has 3 aromatic carbocycles. The van der Waals surface area contributed by atoms with E-state index in [-0.39, 0.29) is 11.3 Å². The number of anilines is 1. The van der Waals surface area contributed by atoms with Crippen molar-refractivity contribution in [1.29, 1.82) is 0 Å². The van der Waals surface area contributed by atoms with Crippen LogP contribution in [0.4, 0.5) is 11.4 Å². The summed E-state index contributed by atoms with van der Waals surface area (Å²) in [4.78, 5) is 25.0. The number of amides is 1. The number of benzene rings is 3. The van der Waals surface area contributed by atoms with Crippen LogP contribution in [-0.2, 0) is 6.61 Å². The molecule has 0 bridgehead atoms. The molecule has 0 heterocycles. The van der Waals surface area contributed by atoms with E-state index in [1.807, 2.05) is 42.5 Å². The molecule has 3 aromatic rings. The van der Waals surface area contributed by atoms with Crippen molar-refractivity contribution in [2.24, 2.45) is 5.10 Å². The van der Waals surface area contributed by atoms with E-state index in [2.05, 4.69) is 51.9 Å². The van der Waals surface area contributed by atoms with E-state index in [4.69, 9.17) is 4.74 Å². The van der Waals surface area contributed by atoms with Crippen molar-refractivity contribution in [3.05, 3.63) is 97.1 Å². The van der Waals surface area contributed by atoms with Gasteiger partial charge < -0.3 is 9.64 Å². The third-order valence-corrected chi connectivity index (χ3v) is 5.84. The van der Waals surface area contributed by atoms with E-state index in [0.717, 1.165) is 27.9 Å². The minimum absolute atomic E-state index is 0.151. The summed E-state index contributed by atoms with van der Waals surface area (Å²) in [6.07, 6.45) is 1.50. The fraction of sp³-hybridized carbons (Fsp3) is 0.200. The van der Waals surface area contributed by atoms with Crippen molar-refractivity contribution in [3.63, 3.8) is 0 Å². The van der Waals surface area contributed by atoms with E-state index in [1.165, 1.54) is 30.5 Å². The standard InChI is InChI=1S/C25H25IN4O4/c1-3-29(4-2)22-13-10-20(24(15-22)34-17-18-8-11-21(26)12-9-18)16-27-28-25(31)19-6-5-7-23(14-19)30(32)33/h5-16H,3-4,17H2,1-2H3,(H,28,31)/b27-16-. The number of hydrogen-bond donors (Lipinski definition) is 1. The number of carbonyl (C=O) groups is 1. The summed E-state index contributed by atoms with van der Waals surface area (Å²) in [5.41, 5.74) is 5.18. The van der Waals surface area contributed by atoms with Crippen molar-refractivity contribution < 1.29 is 14.5 Å². The molecular weight excluding hydrogens is 547 g/mol. The van der Waals surface area contributed by atoms with Gasteiger partial charge in [-0.15, -0.1) is 0 Å². The lowest BCUT2D eigenvalue weighted by molar-refractivity contribution is -0.384. The number of nitrogens with zero attached hydrogens (tertiary/aromatic N) is 3. The third kappa shape index (κ3) is 6.77. The zero-order valence-electron chi connectivity index (χ0n) is 18.9. The summed E-state index contributed by atoms with van der Waals surface area (Å²) in [6.45, 7) is 6.29. The summed E-state index contributed by atoms with van der Waals surface area (Å²) in [5.74, 6) is 0.0948. The van der Waals surface area contributed by atoms with Crippen LogP contribution in [0.1, 0.15) is 35.3 Å². The van der Waals surface area contributed by atoms with Crippen molar-refractivity contribution in [3.8, 4) is 5.75 Å². The first-order valence-corrected chi connectivity index (χ1v) is 11.8. The molecular formula is C25H25IN4O4. The number of nitrogens with one attached hydrogen (secondary N) is 1. The predicted octanol–water partition coefficient (Wildman–Crippen LogP) is 5.39. The van der Waals surface area contributed by atoms with Crippen LogP contribution in [-0.4, -0.2) is 30.1 Å². The van der Waals surface area contributed by atoms with Crippen molar-refractivity contribution in [1.82, 2.24) is 5.43 Å². The average Bonchev–Trinajstić information content (AvgIpc) is 2.85. The number of rotatable bonds is 10. The highest BCUT2D eigenvalue weighted by molar-refractivity contribution is 14.1. The van der Waals surface area contributed by atoms with Crippen LogP contribution in [0.25, 0.3) is 0 Å². The van der Waals surface area contributed by atoms with Gasteiger partial charge in [-0.1, -0.05) is 18.2 Å².